The van der Waals surface area contributed by atoms with Gasteiger partial charge < -0.3 is 19.5 Å². The minimum Gasteiger partial charge on any atom is -0.497 e. The summed E-state index contributed by atoms with van der Waals surface area (Å²) in [6.45, 7) is 3.29. The maximum Gasteiger partial charge on any atom is 0.231 e. The van der Waals surface area contributed by atoms with Gasteiger partial charge in [-0.3, -0.25) is 4.90 Å². The van der Waals surface area contributed by atoms with Crippen molar-refractivity contribution in [3.8, 4) is 28.5 Å². The Kier molecular flexibility index (Phi) is 6.13. The van der Waals surface area contributed by atoms with Gasteiger partial charge in [-0.1, -0.05) is 36.4 Å². The summed E-state index contributed by atoms with van der Waals surface area (Å²) < 4.78 is 16.6. The number of nitrogens with one attached hydrogen (secondary N) is 1. The molecule has 0 saturated carbocycles. The van der Waals surface area contributed by atoms with E-state index >= 15 is 0 Å². The standard InChI is InChI=1S/C32H30N4O3/c1-37-26-9-10-27-28(18-26)32(35-34-31(27)24-8-11-29-30(17-24)39-20-38-29)33-25-12-14-36(15-13-25)19-21-6-7-22-4-2-3-5-23(22)16-21/h2-11,16-18,25H,12-15,19-20H2,1H3,(H,33,35). The summed E-state index contributed by atoms with van der Waals surface area (Å²) in [5, 5.41) is 17.6. The van der Waals surface area contributed by atoms with Crippen LogP contribution in [-0.2, 0) is 6.54 Å². The van der Waals surface area contributed by atoms with Gasteiger partial charge in [-0.15, -0.1) is 10.2 Å². The number of hydrogen-bond acceptors (Lipinski definition) is 7. The number of piperidine rings is 1. The lowest BCUT2D eigenvalue weighted by Gasteiger charge is -2.32. The third-order valence-corrected chi connectivity index (χ3v) is 7.78. The molecule has 7 nitrogen and oxygen atoms in total. The normalized spacial score (nSPS) is 15.6. The lowest BCUT2D eigenvalue weighted by atomic mass is 10.0. The molecule has 196 valence electrons. The van der Waals surface area contributed by atoms with Gasteiger partial charge in [-0.2, -0.15) is 0 Å². The minimum absolute atomic E-state index is 0.242. The second-order valence-electron chi connectivity index (χ2n) is 10.3. The number of ether oxygens (including phenoxy) is 3. The SMILES string of the molecule is COc1ccc2c(-c3ccc4c(c3)OCO4)nnc(NC3CCN(Cc4ccc5ccccc5c4)CC3)c2c1. The van der Waals surface area contributed by atoms with E-state index in [-0.39, 0.29) is 6.79 Å². The molecule has 1 fully saturated rings. The molecule has 2 aliphatic rings. The Morgan fingerprint density at radius 1 is 0.846 bits per heavy atom. The zero-order valence-corrected chi connectivity index (χ0v) is 21.9. The summed E-state index contributed by atoms with van der Waals surface area (Å²) in [7, 11) is 1.69. The Morgan fingerprint density at radius 3 is 2.56 bits per heavy atom. The highest BCUT2D eigenvalue weighted by Gasteiger charge is 2.22. The minimum atomic E-state index is 0.242. The largest absolute Gasteiger partial charge is 0.497 e. The molecule has 0 spiro atoms. The van der Waals surface area contributed by atoms with Crippen molar-refractivity contribution >= 4 is 27.4 Å². The summed E-state index contributed by atoms with van der Waals surface area (Å²) in [6, 6.07) is 27.6. The molecule has 1 saturated heterocycles. The van der Waals surface area contributed by atoms with Crippen LogP contribution in [0, 0.1) is 0 Å². The number of hydrogen-bond donors (Lipinski definition) is 1. The van der Waals surface area contributed by atoms with Crippen LogP contribution in [0.4, 0.5) is 5.82 Å². The van der Waals surface area contributed by atoms with Crippen LogP contribution < -0.4 is 19.5 Å². The molecule has 0 radical (unpaired) electrons. The Labute approximate surface area is 227 Å². The Morgan fingerprint density at radius 2 is 1.69 bits per heavy atom. The number of likely N-dealkylation sites (tertiary alicyclic amines) is 1. The highest BCUT2D eigenvalue weighted by molar-refractivity contribution is 6.01. The lowest BCUT2D eigenvalue weighted by Crippen LogP contribution is -2.38. The zero-order valence-electron chi connectivity index (χ0n) is 21.9. The summed E-state index contributed by atoms with van der Waals surface area (Å²) in [5.41, 5.74) is 3.11. The van der Waals surface area contributed by atoms with Crippen molar-refractivity contribution in [3.05, 3.63) is 84.4 Å². The van der Waals surface area contributed by atoms with E-state index in [1.54, 1.807) is 7.11 Å². The smallest absolute Gasteiger partial charge is 0.231 e. The molecule has 1 N–H and O–H groups in total. The van der Waals surface area contributed by atoms with Gasteiger partial charge in [0.1, 0.15) is 11.4 Å². The molecule has 0 aliphatic carbocycles. The van der Waals surface area contributed by atoms with Crippen LogP contribution in [0.25, 0.3) is 32.8 Å². The maximum atomic E-state index is 5.59. The second-order valence-corrected chi connectivity index (χ2v) is 10.3. The van der Waals surface area contributed by atoms with Crippen LogP contribution in [-0.4, -0.2) is 48.1 Å². The Hall–Kier alpha value is -4.36. The van der Waals surface area contributed by atoms with E-state index < -0.39 is 0 Å². The molecular formula is C32H30N4O3. The third kappa shape index (κ3) is 4.70. The topological polar surface area (TPSA) is 68.7 Å². The third-order valence-electron chi connectivity index (χ3n) is 7.78. The molecular weight excluding hydrogens is 488 g/mol. The van der Waals surface area contributed by atoms with Gasteiger partial charge in [0.2, 0.25) is 6.79 Å². The number of anilines is 1. The predicted molar refractivity (Wildman–Crippen MR) is 154 cm³/mol. The van der Waals surface area contributed by atoms with E-state index in [4.69, 9.17) is 14.2 Å². The molecule has 7 rings (SSSR count). The fraction of sp³-hybridized carbons (Fsp3) is 0.250. The summed E-state index contributed by atoms with van der Waals surface area (Å²) in [5.74, 6) is 3.07. The predicted octanol–water partition coefficient (Wildman–Crippen LogP) is 6.26. The van der Waals surface area contributed by atoms with Crippen LogP contribution >= 0.6 is 0 Å². The van der Waals surface area contributed by atoms with Gasteiger partial charge in [0, 0.05) is 42.0 Å². The fourth-order valence-corrected chi connectivity index (χ4v) is 5.65. The first-order valence-electron chi connectivity index (χ1n) is 13.4. The molecule has 0 amide bonds. The highest BCUT2D eigenvalue weighted by Crippen LogP contribution is 2.39. The van der Waals surface area contributed by atoms with Gasteiger partial charge >= 0.3 is 0 Å². The van der Waals surface area contributed by atoms with Crippen LogP contribution in [0.1, 0.15) is 18.4 Å². The van der Waals surface area contributed by atoms with E-state index in [0.29, 0.717) is 6.04 Å². The first-order chi connectivity index (χ1) is 19.2. The van der Waals surface area contributed by atoms with E-state index in [9.17, 15) is 0 Å². The fourth-order valence-electron chi connectivity index (χ4n) is 5.65. The van der Waals surface area contributed by atoms with E-state index in [2.05, 4.69) is 68.9 Å². The number of rotatable bonds is 6. The monoisotopic (exact) mass is 518 g/mol. The van der Waals surface area contributed by atoms with Gasteiger partial charge in [0.15, 0.2) is 17.3 Å². The maximum absolute atomic E-state index is 5.59. The molecule has 0 atom stereocenters. The summed E-state index contributed by atoms with van der Waals surface area (Å²) >= 11 is 0. The molecule has 39 heavy (non-hydrogen) atoms. The Bertz CT molecular complexity index is 1660. The van der Waals surface area contributed by atoms with E-state index in [0.717, 1.165) is 77.6 Å². The van der Waals surface area contributed by atoms with Gasteiger partial charge in [0.25, 0.3) is 0 Å². The zero-order chi connectivity index (χ0) is 26.2. The van der Waals surface area contributed by atoms with Crippen molar-refractivity contribution in [1.29, 1.82) is 0 Å². The van der Waals surface area contributed by atoms with E-state index in [1.807, 2.05) is 30.3 Å². The number of benzene rings is 4. The van der Waals surface area contributed by atoms with Gasteiger partial charge in [-0.05, 0) is 71.6 Å². The number of aromatic nitrogens is 2. The second kappa shape index (κ2) is 10.1. The van der Waals surface area contributed by atoms with Gasteiger partial charge in [-0.25, -0.2) is 0 Å². The van der Waals surface area contributed by atoms with Crippen molar-refractivity contribution in [2.75, 3.05) is 32.3 Å². The summed E-state index contributed by atoms with van der Waals surface area (Å²) in [4.78, 5) is 2.54. The molecule has 0 unspecified atom stereocenters. The van der Waals surface area contributed by atoms with Crippen molar-refractivity contribution in [1.82, 2.24) is 15.1 Å². The van der Waals surface area contributed by atoms with Crippen LogP contribution in [0.15, 0.2) is 78.9 Å². The van der Waals surface area contributed by atoms with Crippen LogP contribution in [0.3, 0.4) is 0 Å². The number of nitrogens with zero attached hydrogens (tertiary/aromatic N) is 3. The summed E-state index contributed by atoms with van der Waals surface area (Å²) in [6.07, 6.45) is 2.09. The molecule has 5 aromatic rings. The molecule has 0 bridgehead atoms. The lowest BCUT2D eigenvalue weighted by molar-refractivity contribution is 0.174. The van der Waals surface area contributed by atoms with Crippen LogP contribution in [0.5, 0.6) is 17.2 Å². The molecule has 4 aromatic carbocycles. The average Bonchev–Trinajstić information content (AvgIpc) is 3.46. The van der Waals surface area contributed by atoms with Crippen LogP contribution in [0.2, 0.25) is 0 Å². The number of fused-ring (bicyclic) bond motifs is 3. The quantitative estimate of drug-likeness (QED) is 0.284. The highest BCUT2D eigenvalue weighted by atomic mass is 16.7. The first kappa shape index (κ1) is 23.7. The first-order valence-corrected chi connectivity index (χ1v) is 13.4. The van der Waals surface area contributed by atoms with Gasteiger partial charge in [0.05, 0.1) is 7.11 Å². The molecule has 2 aliphatic heterocycles. The molecule has 3 heterocycles. The molecule has 1 aromatic heterocycles. The number of methoxy groups -OCH3 is 1. The van der Waals surface area contributed by atoms with Crippen molar-refractivity contribution in [3.63, 3.8) is 0 Å². The van der Waals surface area contributed by atoms with Crippen molar-refractivity contribution in [2.24, 2.45) is 0 Å². The molecule has 7 heteroatoms. The van der Waals surface area contributed by atoms with Crippen molar-refractivity contribution < 1.29 is 14.2 Å². The Balaban J connectivity index is 1.09. The van der Waals surface area contributed by atoms with E-state index in [1.165, 1.54) is 16.3 Å². The average molecular weight is 519 g/mol. The van der Waals surface area contributed by atoms with Crippen molar-refractivity contribution in [2.45, 2.75) is 25.4 Å².